The van der Waals surface area contributed by atoms with E-state index in [1.54, 1.807) is 0 Å². The molecule has 2 fully saturated rings. The molecule has 2 aliphatic carbocycles. The molecule has 2 aromatic rings. The normalized spacial score (nSPS) is 21.4. The molecule has 1 heterocycles. The molecule has 1 aromatic carbocycles. The number of allylic oxidation sites excluding steroid dienone is 1. The van der Waals surface area contributed by atoms with Crippen molar-refractivity contribution in [2.24, 2.45) is 5.92 Å². The Morgan fingerprint density at radius 2 is 1.80 bits per heavy atom. The number of nitrogens with zero attached hydrogens (tertiary/aromatic N) is 4. The van der Waals surface area contributed by atoms with Crippen LogP contribution in [-0.4, -0.2) is 43.4 Å². The standard InChI is InChI=1S/C24H32N4OS/c1-3-15-27-22(16-19-7-5-4-6-8-19)25-26-24(27)30-17-23(29)28(21-13-14-21)20-11-9-18(2)10-12-20/h3-8,18,20-21H,1,9-17H2,2H3. The lowest BCUT2D eigenvalue weighted by Gasteiger charge is -2.36. The third kappa shape index (κ3) is 5.15. The topological polar surface area (TPSA) is 51.0 Å². The Labute approximate surface area is 183 Å². The lowest BCUT2D eigenvalue weighted by Crippen LogP contribution is -2.44. The maximum atomic E-state index is 13.2. The molecule has 4 rings (SSSR count). The lowest BCUT2D eigenvalue weighted by atomic mass is 9.86. The molecular weight excluding hydrogens is 392 g/mol. The largest absolute Gasteiger partial charge is 0.336 e. The van der Waals surface area contributed by atoms with Gasteiger partial charge >= 0.3 is 0 Å². The molecule has 0 aliphatic heterocycles. The van der Waals surface area contributed by atoms with Crippen molar-refractivity contribution < 1.29 is 4.79 Å². The van der Waals surface area contributed by atoms with Crippen LogP contribution >= 0.6 is 11.8 Å². The maximum Gasteiger partial charge on any atom is 0.233 e. The van der Waals surface area contributed by atoms with Gasteiger partial charge in [0.2, 0.25) is 5.91 Å². The fourth-order valence-electron chi connectivity index (χ4n) is 4.43. The van der Waals surface area contributed by atoms with Crippen LogP contribution in [0, 0.1) is 5.92 Å². The van der Waals surface area contributed by atoms with Gasteiger partial charge in [0.1, 0.15) is 5.82 Å². The predicted molar refractivity (Wildman–Crippen MR) is 121 cm³/mol. The van der Waals surface area contributed by atoms with Crippen molar-refractivity contribution in [3.8, 4) is 0 Å². The summed E-state index contributed by atoms with van der Waals surface area (Å²) in [6.07, 6.45) is 9.71. The number of hydrogen-bond donors (Lipinski definition) is 0. The fraction of sp³-hybridized carbons (Fsp3) is 0.542. The molecule has 6 heteroatoms. The average molecular weight is 425 g/mol. The molecule has 30 heavy (non-hydrogen) atoms. The predicted octanol–water partition coefficient (Wildman–Crippen LogP) is 4.72. The summed E-state index contributed by atoms with van der Waals surface area (Å²) in [7, 11) is 0. The van der Waals surface area contributed by atoms with E-state index in [1.807, 2.05) is 24.3 Å². The van der Waals surface area contributed by atoms with Crippen LogP contribution < -0.4 is 0 Å². The van der Waals surface area contributed by atoms with E-state index in [0.29, 0.717) is 24.4 Å². The lowest BCUT2D eigenvalue weighted by molar-refractivity contribution is -0.132. The fourth-order valence-corrected chi connectivity index (χ4v) is 5.26. The molecule has 2 saturated carbocycles. The number of rotatable bonds is 9. The summed E-state index contributed by atoms with van der Waals surface area (Å²) in [6, 6.07) is 11.2. The molecule has 0 unspecified atom stereocenters. The Balaban J connectivity index is 1.42. The highest BCUT2D eigenvalue weighted by molar-refractivity contribution is 7.99. The molecule has 1 aromatic heterocycles. The Morgan fingerprint density at radius 1 is 1.13 bits per heavy atom. The van der Waals surface area contributed by atoms with Gasteiger partial charge in [-0.1, -0.05) is 55.1 Å². The van der Waals surface area contributed by atoms with E-state index in [-0.39, 0.29) is 5.91 Å². The summed E-state index contributed by atoms with van der Waals surface area (Å²) in [5.41, 5.74) is 1.20. The van der Waals surface area contributed by atoms with Crippen molar-refractivity contribution in [2.45, 2.75) is 75.7 Å². The van der Waals surface area contributed by atoms with Gasteiger partial charge in [-0.05, 0) is 50.0 Å². The van der Waals surface area contributed by atoms with Crippen LogP contribution in [-0.2, 0) is 17.8 Å². The summed E-state index contributed by atoms with van der Waals surface area (Å²) in [6.45, 7) is 6.87. The van der Waals surface area contributed by atoms with E-state index in [4.69, 9.17) is 0 Å². The minimum Gasteiger partial charge on any atom is -0.336 e. The number of amides is 1. The first kappa shape index (κ1) is 21.2. The molecule has 0 radical (unpaired) electrons. The molecule has 0 N–H and O–H groups in total. The smallest absolute Gasteiger partial charge is 0.233 e. The second kappa shape index (κ2) is 9.82. The van der Waals surface area contributed by atoms with Gasteiger partial charge in [-0.2, -0.15) is 0 Å². The zero-order chi connectivity index (χ0) is 20.9. The second-order valence-electron chi connectivity index (χ2n) is 8.70. The third-order valence-electron chi connectivity index (χ3n) is 6.24. The van der Waals surface area contributed by atoms with Crippen molar-refractivity contribution in [1.82, 2.24) is 19.7 Å². The van der Waals surface area contributed by atoms with Gasteiger partial charge < -0.3 is 9.47 Å². The van der Waals surface area contributed by atoms with Crippen LogP contribution in [0.15, 0.2) is 48.1 Å². The van der Waals surface area contributed by atoms with Crippen molar-refractivity contribution in [3.63, 3.8) is 0 Å². The molecule has 2 aliphatic rings. The number of carbonyl (C=O) groups is 1. The third-order valence-corrected chi connectivity index (χ3v) is 7.19. The van der Waals surface area contributed by atoms with Crippen molar-refractivity contribution >= 4 is 17.7 Å². The van der Waals surface area contributed by atoms with Crippen LogP contribution in [0.3, 0.4) is 0 Å². The summed E-state index contributed by atoms with van der Waals surface area (Å²) in [5, 5.41) is 9.63. The second-order valence-corrected chi connectivity index (χ2v) is 9.64. The van der Waals surface area contributed by atoms with Gasteiger partial charge in [0.25, 0.3) is 0 Å². The number of hydrogen-bond acceptors (Lipinski definition) is 4. The van der Waals surface area contributed by atoms with Crippen LogP contribution in [0.4, 0.5) is 0 Å². The van der Waals surface area contributed by atoms with E-state index in [1.165, 1.54) is 30.2 Å². The number of benzene rings is 1. The highest BCUT2D eigenvalue weighted by Gasteiger charge is 2.38. The van der Waals surface area contributed by atoms with E-state index in [9.17, 15) is 4.79 Å². The number of thioether (sulfide) groups is 1. The number of aromatic nitrogens is 3. The first-order valence-corrected chi connectivity index (χ1v) is 12.1. The molecule has 0 atom stereocenters. The monoisotopic (exact) mass is 424 g/mol. The van der Waals surface area contributed by atoms with Gasteiger partial charge in [-0.25, -0.2) is 0 Å². The average Bonchev–Trinajstić information content (AvgIpc) is 3.52. The first-order chi connectivity index (χ1) is 14.7. The van der Waals surface area contributed by atoms with Gasteiger partial charge in [0.05, 0.1) is 5.75 Å². The maximum absolute atomic E-state index is 13.2. The molecule has 5 nitrogen and oxygen atoms in total. The Bertz CT molecular complexity index is 853. The number of carbonyl (C=O) groups excluding carboxylic acids is 1. The molecule has 1 amide bonds. The summed E-state index contributed by atoms with van der Waals surface area (Å²) in [5.74, 6) is 2.41. The molecule has 0 saturated heterocycles. The van der Waals surface area contributed by atoms with Crippen molar-refractivity contribution in [3.05, 3.63) is 54.4 Å². The summed E-state index contributed by atoms with van der Waals surface area (Å²) >= 11 is 1.51. The molecule has 0 spiro atoms. The zero-order valence-corrected chi connectivity index (χ0v) is 18.7. The highest BCUT2D eigenvalue weighted by Crippen LogP contribution is 2.36. The van der Waals surface area contributed by atoms with Crippen molar-refractivity contribution in [2.75, 3.05) is 5.75 Å². The van der Waals surface area contributed by atoms with E-state index >= 15 is 0 Å². The minimum absolute atomic E-state index is 0.264. The van der Waals surface area contributed by atoms with Gasteiger partial charge in [-0.3, -0.25) is 4.79 Å². The Hall–Kier alpha value is -2.08. The molecular formula is C24H32N4OS. The van der Waals surface area contributed by atoms with Crippen molar-refractivity contribution in [1.29, 1.82) is 0 Å². The van der Waals surface area contributed by atoms with Gasteiger partial charge in [0.15, 0.2) is 5.16 Å². The van der Waals surface area contributed by atoms with Crippen LogP contribution in [0.5, 0.6) is 0 Å². The first-order valence-electron chi connectivity index (χ1n) is 11.2. The van der Waals surface area contributed by atoms with Crippen LogP contribution in [0.1, 0.15) is 56.8 Å². The van der Waals surface area contributed by atoms with E-state index < -0.39 is 0 Å². The van der Waals surface area contributed by atoms with E-state index in [0.717, 1.165) is 49.0 Å². The quantitative estimate of drug-likeness (QED) is 0.432. The Morgan fingerprint density at radius 3 is 2.43 bits per heavy atom. The van der Waals surface area contributed by atoms with Gasteiger partial charge in [0, 0.05) is 25.0 Å². The molecule has 160 valence electrons. The summed E-state index contributed by atoms with van der Waals surface area (Å²) in [4.78, 5) is 15.4. The van der Waals surface area contributed by atoms with Gasteiger partial charge in [-0.15, -0.1) is 16.8 Å². The molecule has 0 bridgehead atoms. The van der Waals surface area contributed by atoms with E-state index in [2.05, 4.69) is 45.3 Å². The minimum atomic E-state index is 0.264. The van der Waals surface area contributed by atoms with Crippen LogP contribution in [0.25, 0.3) is 0 Å². The zero-order valence-electron chi connectivity index (χ0n) is 17.9. The van der Waals surface area contributed by atoms with Crippen LogP contribution in [0.2, 0.25) is 0 Å². The SMILES string of the molecule is C=CCn1c(Cc2ccccc2)nnc1SCC(=O)N(C1CCC(C)CC1)C1CC1. The summed E-state index contributed by atoms with van der Waals surface area (Å²) < 4.78 is 2.09. The Kier molecular flexibility index (Phi) is 6.93. The highest BCUT2D eigenvalue weighted by atomic mass is 32.2.